The lowest BCUT2D eigenvalue weighted by molar-refractivity contribution is 0.200. The molecule has 0 unspecified atom stereocenters. The van der Waals surface area contributed by atoms with Crippen LogP contribution >= 0.6 is 0 Å². The summed E-state index contributed by atoms with van der Waals surface area (Å²) >= 11 is 0. The molecule has 0 bridgehead atoms. The Hall–Kier alpha value is -1.12. The lowest BCUT2D eigenvalue weighted by Gasteiger charge is -2.12. The van der Waals surface area contributed by atoms with Gasteiger partial charge in [-0.25, -0.2) is 9.37 Å². The number of pyridine rings is 1. The Balaban J connectivity index is 2.05. The van der Waals surface area contributed by atoms with Crippen molar-refractivity contribution in [1.29, 1.82) is 0 Å². The minimum Gasteiger partial charge on any atom is -0.474 e. The molecular weight excluding hydrogens is 181 g/mol. The molecule has 0 atom stereocenters. The third-order valence-electron chi connectivity index (χ3n) is 2.59. The van der Waals surface area contributed by atoms with Crippen molar-refractivity contribution >= 4 is 0 Å². The first-order valence-electron chi connectivity index (χ1n) is 5.05. The Morgan fingerprint density at radius 3 is 2.71 bits per heavy atom. The molecular formula is C11H14FNO. The van der Waals surface area contributed by atoms with E-state index in [1.54, 1.807) is 13.0 Å². The highest BCUT2D eigenvalue weighted by Gasteiger charge is 2.17. The van der Waals surface area contributed by atoms with E-state index < -0.39 is 0 Å². The largest absolute Gasteiger partial charge is 0.474 e. The Morgan fingerprint density at radius 2 is 2.07 bits per heavy atom. The molecule has 1 fully saturated rings. The van der Waals surface area contributed by atoms with Gasteiger partial charge in [0.15, 0.2) is 0 Å². The molecule has 1 aliphatic carbocycles. The maximum absolute atomic E-state index is 12.9. The summed E-state index contributed by atoms with van der Waals surface area (Å²) in [4.78, 5) is 4.04. The zero-order chi connectivity index (χ0) is 9.97. The van der Waals surface area contributed by atoms with Crippen molar-refractivity contribution in [3.63, 3.8) is 0 Å². The van der Waals surface area contributed by atoms with Crippen LogP contribution in [0.1, 0.15) is 31.4 Å². The first-order chi connectivity index (χ1) is 6.75. The average Bonchev–Trinajstić information content (AvgIpc) is 2.64. The second-order valence-electron chi connectivity index (χ2n) is 3.74. The summed E-state index contributed by atoms with van der Waals surface area (Å²) in [6.45, 7) is 1.65. The smallest absolute Gasteiger partial charge is 0.213 e. The van der Waals surface area contributed by atoms with Gasteiger partial charge in [0.1, 0.15) is 11.9 Å². The summed E-state index contributed by atoms with van der Waals surface area (Å²) in [5, 5.41) is 0. The van der Waals surface area contributed by atoms with E-state index in [1.165, 1.54) is 18.9 Å². The van der Waals surface area contributed by atoms with Gasteiger partial charge in [0.2, 0.25) is 5.88 Å². The summed E-state index contributed by atoms with van der Waals surface area (Å²) in [6, 6.07) is 3.01. The maximum Gasteiger partial charge on any atom is 0.213 e. The van der Waals surface area contributed by atoms with Gasteiger partial charge in [-0.05, 0) is 38.7 Å². The van der Waals surface area contributed by atoms with Crippen molar-refractivity contribution in [2.45, 2.75) is 38.7 Å². The zero-order valence-corrected chi connectivity index (χ0v) is 8.29. The molecule has 2 rings (SSSR count). The molecule has 14 heavy (non-hydrogen) atoms. The van der Waals surface area contributed by atoms with Crippen molar-refractivity contribution in [2.24, 2.45) is 0 Å². The SMILES string of the molecule is Cc1nc(OC2CCCC2)ccc1F. The minimum absolute atomic E-state index is 0.274. The molecule has 2 nitrogen and oxygen atoms in total. The van der Waals surface area contributed by atoms with Crippen LogP contribution in [0.3, 0.4) is 0 Å². The van der Waals surface area contributed by atoms with E-state index in [9.17, 15) is 4.39 Å². The summed E-state index contributed by atoms with van der Waals surface area (Å²) < 4.78 is 18.5. The molecule has 0 radical (unpaired) electrons. The molecule has 0 spiro atoms. The number of aromatic nitrogens is 1. The van der Waals surface area contributed by atoms with Crippen molar-refractivity contribution in [1.82, 2.24) is 4.98 Å². The fourth-order valence-corrected chi connectivity index (χ4v) is 1.76. The van der Waals surface area contributed by atoms with E-state index in [-0.39, 0.29) is 11.9 Å². The van der Waals surface area contributed by atoms with Crippen LogP contribution in [0.15, 0.2) is 12.1 Å². The number of aryl methyl sites for hydroxylation is 1. The fraction of sp³-hybridized carbons (Fsp3) is 0.545. The van der Waals surface area contributed by atoms with E-state index in [2.05, 4.69) is 4.98 Å². The molecule has 76 valence electrons. The molecule has 1 aromatic rings. The van der Waals surface area contributed by atoms with Gasteiger partial charge in [-0.15, -0.1) is 0 Å². The van der Waals surface area contributed by atoms with Crippen LogP contribution in [-0.2, 0) is 0 Å². The number of nitrogens with zero attached hydrogens (tertiary/aromatic N) is 1. The predicted molar refractivity (Wildman–Crippen MR) is 51.8 cm³/mol. The second-order valence-corrected chi connectivity index (χ2v) is 3.74. The normalized spacial score (nSPS) is 17.3. The Bertz CT molecular complexity index is 321. The molecule has 0 saturated heterocycles. The van der Waals surface area contributed by atoms with Gasteiger partial charge < -0.3 is 4.74 Å². The predicted octanol–water partition coefficient (Wildman–Crippen LogP) is 2.85. The summed E-state index contributed by atoms with van der Waals surface area (Å²) in [5.74, 6) is 0.277. The fourth-order valence-electron chi connectivity index (χ4n) is 1.76. The van der Waals surface area contributed by atoms with Gasteiger partial charge in [-0.2, -0.15) is 0 Å². The number of hydrogen-bond acceptors (Lipinski definition) is 2. The lowest BCUT2D eigenvalue weighted by atomic mass is 10.3. The molecule has 3 heteroatoms. The maximum atomic E-state index is 12.9. The molecule has 0 aliphatic heterocycles. The van der Waals surface area contributed by atoms with E-state index in [1.807, 2.05) is 0 Å². The van der Waals surface area contributed by atoms with Crippen LogP contribution in [0.4, 0.5) is 4.39 Å². The average molecular weight is 195 g/mol. The topological polar surface area (TPSA) is 22.1 Å². The van der Waals surface area contributed by atoms with E-state index in [4.69, 9.17) is 4.74 Å². The van der Waals surface area contributed by atoms with E-state index in [0.29, 0.717) is 11.6 Å². The van der Waals surface area contributed by atoms with E-state index >= 15 is 0 Å². The first-order valence-corrected chi connectivity index (χ1v) is 5.05. The zero-order valence-electron chi connectivity index (χ0n) is 8.29. The van der Waals surface area contributed by atoms with Gasteiger partial charge in [0.05, 0.1) is 5.69 Å². The van der Waals surface area contributed by atoms with Crippen molar-refractivity contribution in [3.05, 3.63) is 23.6 Å². The molecule has 0 aromatic carbocycles. The van der Waals surface area contributed by atoms with Gasteiger partial charge in [-0.3, -0.25) is 0 Å². The van der Waals surface area contributed by atoms with E-state index in [0.717, 1.165) is 12.8 Å². The van der Waals surface area contributed by atoms with Crippen LogP contribution in [0, 0.1) is 12.7 Å². The van der Waals surface area contributed by atoms with Crippen molar-refractivity contribution < 1.29 is 9.13 Å². The van der Waals surface area contributed by atoms with Crippen LogP contribution in [0.5, 0.6) is 5.88 Å². The Kier molecular flexibility index (Phi) is 2.66. The molecule has 1 aliphatic rings. The molecule has 1 saturated carbocycles. The number of hydrogen-bond donors (Lipinski definition) is 0. The van der Waals surface area contributed by atoms with Crippen LogP contribution < -0.4 is 4.74 Å². The number of rotatable bonds is 2. The monoisotopic (exact) mass is 195 g/mol. The molecule has 1 heterocycles. The molecule has 0 amide bonds. The van der Waals surface area contributed by atoms with Gasteiger partial charge in [0.25, 0.3) is 0 Å². The van der Waals surface area contributed by atoms with Gasteiger partial charge >= 0.3 is 0 Å². The quantitative estimate of drug-likeness (QED) is 0.724. The van der Waals surface area contributed by atoms with Crippen LogP contribution in [0.25, 0.3) is 0 Å². The summed E-state index contributed by atoms with van der Waals surface area (Å²) in [7, 11) is 0. The first kappa shape index (κ1) is 9.44. The lowest BCUT2D eigenvalue weighted by Crippen LogP contribution is -2.12. The molecule has 0 N–H and O–H groups in total. The number of halogens is 1. The highest BCUT2D eigenvalue weighted by Crippen LogP contribution is 2.23. The van der Waals surface area contributed by atoms with Crippen LogP contribution in [0.2, 0.25) is 0 Å². The minimum atomic E-state index is -0.274. The van der Waals surface area contributed by atoms with Crippen molar-refractivity contribution in [2.75, 3.05) is 0 Å². The highest BCUT2D eigenvalue weighted by molar-refractivity contribution is 5.16. The Morgan fingerprint density at radius 1 is 1.36 bits per heavy atom. The third kappa shape index (κ3) is 2.03. The summed E-state index contributed by atoms with van der Waals surface area (Å²) in [5.41, 5.74) is 0.403. The van der Waals surface area contributed by atoms with Gasteiger partial charge in [-0.1, -0.05) is 0 Å². The standard InChI is InChI=1S/C11H14FNO/c1-8-10(12)6-7-11(13-8)14-9-4-2-3-5-9/h6-7,9H,2-5H2,1H3. The Labute approximate surface area is 83.1 Å². The van der Waals surface area contributed by atoms with Crippen LogP contribution in [-0.4, -0.2) is 11.1 Å². The van der Waals surface area contributed by atoms with Gasteiger partial charge in [0, 0.05) is 6.07 Å². The third-order valence-corrected chi connectivity index (χ3v) is 2.59. The highest BCUT2D eigenvalue weighted by atomic mass is 19.1. The molecule has 1 aromatic heterocycles. The van der Waals surface area contributed by atoms with Crippen molar-refractivity contribution in [3.8, 4) is 5.88 Å². The number of ether oxygens (including phenoxy) is 1. The summed E-state index contributed by atoms with van der Waals surface area (Å²) in [6.07, 6.45) is 4.93. The second kappa shape index (κ2) is 3.95.